The molecule has 2 amide bonds. The fraction of sp³-hybridized carbons (Fsp3) is 0.417. The van der Waals surface area contributed by atoms with Crippen LogP contribution in [0.1, 0.15) is 59.6 Å². The minimum Gasteiger partial charge on any atom is -0.396 e. The van der Waals surface area contributed by atoms with Gasteiger partial charge in [-0.25, -0.2) is 17.6 Å². The zero-order valence-corrected chi connectivity index (χ0v) is 36.7. The van der Waals surface area contributed by atoms with Crippen molar-refractivity contribution in [1.82, 2.24) is 28.7 Å². The third-order valence-corrected chi connectivity index (χ3v) is 13.3. The van der Waals surface area contributed by atoms with Gasteiger partial charge in [0, 0.05) is 125 Å². The zero-order chi connectivity index (χ0) is 46.3. The van der Waals surface area contributed by atoms with E-state index in [1.165, 1.54) is 9.80 Å². The molecule has 2 fully saturated rings. The van der Waals surface area contributed by atoms with E-state index in [-0.39, 0.29) is 85.5 Å². The lowest BCUT2D eigenvalue weighted by Gasteiger charge is -2.38. The summed E-state index contributed by atoms with van der Waals surface area (Å²) < 4.78 is 60.0. The lowest BCUT2D eigenvalue weighted by molar-refractivity contribution is -0.136. The van der Waals surface area contributed by atoms with E-state index in [1.54, 1.807) is 73.8 Å². The number of nitrogens with zero attached hydrogens (tertiary/aromatic N) is 6. The molecule has 0 unspecified atom stereocenters. The Bertz CT molecular complexity index is 2430. The highest BCUT2D eigenvalue weighted by Crippen LogP contribution is 2.51. The molecule has 0 spiro atoms. The first-order valence-electron chi connectivity index (χ1n) is 21.3. The molecule has 4 aromatic rings. The molecule has 64 heavy (non-hydrogen) atoms. The minimum absolute atomic E-state index is 0.0669. The number of allylic oxidation sites excluding steroid dienone is 2. The van der Waals surface area contributed by atoms with E-state index >= 15 is 0 Å². The molecular formula is C48H54F4N6O6. The van der Waals surface area contributed by atoms with Gasteiger partial charge in [0.15, 0.2) is 0 Å². The first kappa shape index (κ1) is 46.3. The summed E-state index contributed by atoms with van der Waals surface area (Å²) in [6.07, 6.45) is 7.04. The Balaban J connectivity index is 0.000000191. The Morgan fingerprint density at radius 1 is 0.625 bits per heavy atom. The summed E-state index contributed by atoms with van der Waals surface area (Å²) in [5, 5.41) is 20.5. The highest BCUT2D eigenvalue weighted by atomic mass is 19.1. The molecule has 2 N–H and O–H groups in total. The van der Waals surface area contributed by atoms with E-state index in [2.05, 4.69) is 0 Å². The molecule has 0 saturated carbocycles. The van der Waals surface area contributed by atoms with Gasteiger partial charge >= 0.3 is 0 Å². The predicted molar refractivity (Wildman–Crippen MR) is 233 cm³/mol. The Hall–Kier alpha value is -5.68. The second kappa shape index (κ2) is 18.8. The molecule has 6 heterocycles. The van der Waals surface area contributed by atoms with E-state index in [0.717, 1.165) is 36.4 Å². The maximum Gasteiger partial charge on any atom is 0.258 e. The Labute approximate surface area is 368 Å². The highest BCUT2D eigenvalue weighted by molar-refractivity contribution is 5.81. The van der Waals surface area contributed by atoms with Crippen LogP contribution in [0.15, 0.2) is 82.4 Å². The zero-order valence-electron chi connectivity index (χ0n) is 36.7. The molecular weight excluding hydrogens is 833 g/mol. The number of halogens is 4. The Morgan fingerprint density at radius 2 is 1.00 bits per heavy atom. The number of carbonyl (C=O) groups excluding carboxylic acids is 2. The minimum atomic E-state index is -0.614. The fourth-order valence-corrected chi connectivity index (χ4v) is 10.4. The molecule has 2 aromatic carbocycles. The van der Waals surface area contributed by atoms with Crippen molar-refractivity contribution in [1.29, 1.82) is 0 Å². The van der Waals surface area contributed by atoms with Gasteiger partial charge < -0.3 is 29.1 Å². The average molecular weight is 887 g/mol. The van der Waals surface area contributed by atoms with Gasteiger partial charge in [-0.05, 0) is 74.5 Å². The summed E-state index contributed by atoms with van der Waals surface area (Å²) in [7, 11) is 6.60. The molecule has 340 valence electrons. The molecule has 2 saturated heterocycles. The van der Waals surface area contributed by atoms with E-state index in [1.807, 2.05) is 35.8 Å². The average Bonchev–Trinajstić information content (AvgIpc) is 3.60. The van der Waals surface area contributed by atoms with Crippen molar-refractivity contribution in [3.8, 4) is 0 Å². The number of aliphatic hydroxyl groups is 2. The van der Waals surface area contributed by atoms with E-state index in [9.17, 15) is 47.0 Å². The summed E-state index contributed by atoms with van der Waals surface area (Å²) in [5.74, 6) is -4.61. The summed E-state index contributed by atoms with van der Waals surface area (Å²) in [5.41, 5.74) is 2.39. The number of rotatable bonds is 10. The van der Waals surface area contributed by atoms with Crippen molar-refractivity contribution in [2.75, 3.05) is 41.4 Å². The van der Waals surface area contributed by atoms with Crippen LogP contribution in [-0.2, 0) is 35.8 Å². The second-order valence-electron chi connectivity index (χ2n) is 17.3. The van der Waals surface area contributed by atoms with Crippen molar-refractivity contribution in [3.05, 3.63) is 150 Å². The Kier molecular flexibility index (Phi) is 13.6. The Morgan fingerprint density at radius 3 is 1.33 bits per heavy atom. The third-order valence-electron chi connectivity index (χ3n) is 13.3. The number of aromatic nitrogens is 2. The molecule has 4 aliphatic heterocycles. The topological polar surface area (TPSA) is 132 Å². The molecule has 8 atom stereocenters. The maximum atomic E-state index is 14.5. The first-order valence-corrected chi connectivity index (χ1v) is 21.3. The van der Waals surface area contributed by atoms with Gasteiger partial charge in [-0.2, -0.15) is 0 Å². The molecule has 16 heteroatoms. The van der Waals surface area contributed by atoms with Gasteiger partial charge in [-0.1, -0.05) is 24.3 Å². The van der Waals surface area contributed by atoms with Crippen LogP contribution in [0, 0.1) is 46.9 Å². The second-order valence-corrected chi connectivity index (χ2v) is 17.3. The maximum absolute atomic E-state index is 14.5. The van der Waals surface area contributed by atoms with Crippen LogP contribution in [0.4, 0.5) is 17.6 Å². The number of hydrogen-bond donors (Lipinski definition) is 2. The standard InChI is InChI=1S/2C24H27F2N3O3/c2*1-4-5-14-6-9-19-22-21(24(32)27(2)3)17(13-30)20(12-29(19)23(14)31)28(22)11-15-10-16(25)7-8-18(15)26/h2*4-10,17,20-22,30H,11-13H2,1-3H3/b5-4+;5-4-/t2*17-,20-,21+,22+/m11/s1. The van der Waals surface area contributed by atoms with Crippen molar-refractivity contribution in [2.45, 2.75) is 64.2 Å². The molecule has 4 aliphatic rings. The molecule has 0 aliphatic carbocycles. The number of aliphatic hydroxyl groups excluding tert-OH is 2. The lowest BCUT2D eigenvalue weighted by Crippen LogP contribution is -2.46. The van der Waals surface area contributed by atoms with Gasteiger partial charge in [0.25, 0.3) is 11.1 Å². The fourth-order valence-electron chi connectivity index (χ4n) is 10.4. The number of carbonyl (C=O) groups is 2. The molecule has 4 bridgehead atoms. The van der Waals surface area contributed by atoms with Crippen LogP contribution in [-0.4, -0.2) is 104 Å². The van der Waals surface area contributed by atoms with Crippen molar-refractivity contribution < 1.29 is 37.4 Å². The number of amides is 2. The SMILES string of the molecule is C/C=C/c1ccc2n(c1=O)C[C@@H]1[C@@H](CO)[C@H](C(=O)N(C)C)[C@H]2N1Cc1cc(F)ccc1F.C/C=C\c1ccc2n(c1=O)C[C@@H]1[C@@H](CO)[C@H](C(=O)N(C)C)[C@H]2N1Cc1cc(F)ccc1F. The molecule has 8 rings (SSSR count). The normalized spacial score (nSPS) is 24.7. The van der Waals surface area contributed by atoms with Crippen LogP contribution in [0.5, 0.6) is 0 Å². The van der Waals surface area contributed by atoms with Gasteiger partial charge in [0.1, 0.15) is 23.3 Å². The highest BCUT2D eigenvalue weighted by Gasteiger charge is 2.57. The van der Waals surface area contributed by atoms with Gasteiger partial charge in [0.05, 0.1) is 23.9 Å². The number of benzene rings is 2. The number of fused-ring (bicyclic) bond motifs is 8. The van der Waals surface area contributed by atoms with Gasteiger partial charge in [0.2, 0.25) is 11.8 Å². The van der Waals surface area contributed by atoms with Crippen LogP contribution in [0.2, 0.25) is 0 Å². The van der Waals surface area contributed by atoms with Crippen molar-refractivity contribution in [3.63, 3.8) is 0 Å². The van der Waals surface area contributed by atoms with Crippen LogP contribution in [0.3, 0.4) is 0 Å². The predicted octanol–water partition coefficient (Wildman–Crippen LogP) is 4.82. The lowest BCUT2D eigenvalue weighted by atomic mass is 9.86. The first-order chi connectivity index (χ1) is 30.6. The van der Waals surface area contributed by atoms with E-state index < -0.39 is 59.0 Å². The van der Waals surface area contributed by atoms with Crippen molar-refractivity contribution in [2.24, 2.45) is 23.7 Å². The van der Waals surface area contributed by atoms with Crippen molar-refractivity contribution >= 4 is 24.0 Å². The van der Waals surface area contributed by atoms with Crippen LogP contribution >= 0.6 is 0 Å². The van der Waals surface area contributed by atoms with Crippen LogP contribution < -0.4 is 11.1 Å². The van der Waals surface area contributed by atoms with Gasteiger partial charge in [-0.3, -0.25) is 29.0 Å². The number of hydrogen-bond acceptors (Lipinski definition) is 8. The largest absolute Gasteiger partial charge is 0.396 e. The molecule has 0 radical (unpaired) electrons. The van der Waals surface area contributed by atoms with E-state index in [0.29, 0.717) is 22.5 Å². The molecule has 12 nitrogen and oxygen atoms in total. The molecule has 2 aromatic heterocycles. The smallest absolute Gasteiger partial charge is 0.258 e. The quantitative estimate of drug-likeness (QED) is 0.217. The summed E-state index contributed by atoms with van der Waals surface area (Å²) in [4.78, 5) is 59.5. The third kappa shape index (κ3) is 8.28. The monoisotopic (exact) mass is 886 g/mol. The summed E-state index contributed by atoms with van der Waals surface area (Å²) in [6, 6.07) is 11.8. The summed E-state index contributed by atoms with van der Waals surface area (Å²) >= 11 is 0. The number of pyridine rings is 2. The van der Waals surface area contributed by atoms with Gasteiger partial charge in [-0.15, -0.1) is 0 Å². The van der Waals surface area contributed by atoms with Crippen LogP contribution in [0.25, 0.3) is 12.2 Å². The van der Waals surface area contributed by atoms with E-state index in [4.69, 9.17) is 0 Å². The summed E-state index contributed by atoms with van der Waals surface area (Å²) in [6.45, 7) is 3.81.